The SMILES string of the molecule is COc1ccc(N2CCN(CCCc3ccccc3)CC2)cc1OC.Cl.Cl. The molecule has 6 heteroatoms. The standard InChI is InChI=1S/C21H28N2O2.2ClH/c1-24-20-11-10-19(17-21(20)25-2)23-15-13-22(14-16-23)12-6-9-18-7-4-3-5-8-18;;/h3-5,7-8,10-11,17H,6,9,12-16H2,1-2H3;2*1H. The van der Waals surface area contributed by atoms with E-state index in [2.05, 4.69) is 52.3 Å². The monoisotopic (exact) mass is 412 g/mol. The molecule has 0 aliphatic carbocycles. The molecule has 0 spiro atoms. The number of hydrogen-bond acceptors (Lipinski definition) is 4. The van der Waals surface area contributed by atoms with Crippen molar-refractivity contribution in [2.24, 2.45) is 0 Å². The number of hydrogen-bond donors (Lipinski definition) is 0. The lowest BCUT2D eigenvalue weighted by atomic mass is 10.1. The van der Waals surface area contributed by atoms with Crippen molar-refractivity contribution in [3.63, 3.8) is 0 Å². The molecule has 150 valence electrons. The van der Waals surface area contributed by atoms with Gasteiger partial charge in [-0.1, -0.05) is 30.3 Å². The Kier molecular flexibility index (Phi) is 10.4. The lowest BCUT2D eigenvalue weighted by Gasteiger charge is -2.36. The molecule has 1 fully saturated rings. The van der Waals surface area contributed by atoms with E-state index in [1.807, 2.05) is 6.07 Å². The average molecular weight is 413 g/mol. The molecule has 0 atom stereocenters. The summed E-state index contributed by atoms with van der Waals surface area (Å²) < 4.78 is 10.7. The first kappa shape index (κ1) is 23.4. The number of ether oxygens (including phenoxy) is 2. The second-order valence-electron chi connectivity index (χ2n) is 6.46. The van der Waals surface area contributed by atoms with Crippen LogP contribution in [0.2, 0.25) is 0 Å². The van der Waals surface area contributed by atoms with Crippen LogP contribution in [0.5, 0.6) is 11.5 Å². The van der Waals surface area contributed by atoms with Crippen LogP contribution in [0.1, 0.15) is 12.0 Å². The molecule has 4 nitrogen and oxygen atoms in total. The molecule has 2 aromatic rings. The molecule has 0 saturated carbocycles. The number of methoxy groups -OCH3 is 2. The van der Waals surface area contributed by atoms with Gasteiger partial charge in [-0.05, 0) is 37.1 Å². The summed E-state index contributed by atoms with van der Waals surface area (Å²) in [4.78, 5) is 5.00. The molecule has 1 saturated heterocycles. The van der Waals surface area contributed by atoms with Gasteiger partial charge in [0.25, 0.3) is 0 Å². The molecule has 1 aliphatic rings. The summed E-state index contributed by atoms with van der Waals surface area (Å²) in [5.74, 6) is 1.58. The summed E-state index contributed by atoms with van der Waals surface area (Å²) in [6.45, 7) is 5.52. The normalized spacial score (nSPS) is 14.1. The topological polar surface area (TPSA) is 24.9 Å². The molecule has 2 aromatic carbocycles. The Bertz CT molecular complexity index is 662. The molecular weight excluding hydrogens is 383 g/mol. The lowest BCUT2D eigenvalue weighted by molar-refractivity contribution is 0.255. The van der Waals surface area contributed by atoms with Crippen molar-refractivity contribution < 1.29 is 9.47 Å². The summed E-state index contributed by atoms with van der Waals surface area (Å²) in [5.41, 5.74) is 2.65. The maximum absolute atomic E-state index is 5.42. The zero-order valence-corrected chi connectivity index (χ0v) is 17.7. The van der Waals surface area contributed by atoms with Crippen LogP contribution in [-0.4, -0.2) is 51.8 Å². The zero-order valence-electron chi connectivity index (χ0n) is 16.1. The van der Waals surface area contributed by atoms with E-state index >= 15 is 0 Å². The van der Waals surface area contributed by atoms with Gasteiger partial charge in [0.1, 0.15) is 0 Å². The van der Waals surface area contributed by atoms with Gasteiger partial charge in [0, 0.05) is 37.9 Å². The summed E-state index contributed by atoms with van der Waals surface area (Å²) in [6, 6.07) is 16.9. The van der Waals surface area contributed by atoms with Crippen molar-refractivity contribution in [3.05, 3.63) is 54.1 Å². The number of benzene rings is 2. The lowest BCUT2D eigenvalue weighted by Crippen LogP contribution is -2.46. The molecule has 0 unspecified atom stereocenters. The van der Waals surface area contributed by atoms with Crippen molar-refractivity contribution in [1.82, 2.24) is 4.90 Å². The number of piperazine rings is 1. The van der Waals surface area contributed by atoms with Gasteiger partial charge in [0.15, 0.2) is 11.5 Å². The largest absolute Gasteiger partial charge is 0.493 e. The van der Waals surface area contributed by atoms with Gasteiger partial charge < -0.3 is 14.4 Å². The van der Waals surface area contributed by atoms with Crippen LogP contribution in [0.3, 0.4) is 0 Å². The van der Waals surface area contributed by atoms with E-state index in [1.165, 1.54) is 24.2 Å². The van der Waals surface area contributed by atoms with Crippen molar-refractivity contribution in [3.8, 4) is 11.5 Å². The molecule has 1 heterocycles. The van der Waals surface area contributed by atoms with Gasteiger partial charge >= 0.3 is 0 Å². The minimum atomic E-state index is 0. The van der Waals surface area contributed by atoms with Crippen LogP contribution >= 0.6 is 24.8 Å². The highest BCUT2D eigenvalue weighted by Gasteiger charge is 2.18. The van der Waals surface area contributed by atoms with E-state index in [0.29, 0.717) is 0 Å². The van der Waals surface area contributed by atoms with E-state index < -0.39 is 0 Å². The first-order valence-corrected chi connectivity index (χ1v) is 9.03. The third kappa shape index (κ3) is 6.49. The second-order valence-corrected chi connectivity index (χ2v) is 6.46. The highest BCUT2D eigenvalue weighted by atomic mass is 35.5. The molecule has 0 bridgehead atoms. The maximum Gasteiger partial charge on any atom is 0.162 e. The van der Waals surface area contributed by atoms with E-state index in [9.17, 15) is 0 Å². The summed E-state index contributed by atoms with van der Waals surface area (Å²) in [6.07, 6.45) is 2.39. The Morgan fingerprint density at radius 2 is 1.48 bits per heavy atom. The molecule has 0 radical (unpaired) electrons. The fourth-order valence-electron chi connectivity index (χ4n) is 3.40. The predicted molar refractivity (Wildman–Crippen MR) is 117 cm³/mol. The van der Waals surface area contributed by atoms with Gasteiger partial charge in [-0.2, -0.15) is 0 Å². The molecule has 3 rings (SSSR count). The van der Waals surface area contributed by atoms with Crippen LogP contribution in [-0.2, 0) is 6.42 Å². The quantitative estimate of drug-likeness (QED) is 0.676. The number of anilines is 1. The zero-order chi connectivity index (χ0) is 17.5. The minimum absolute atomic E-state index is 0. The Morgan fingerprint density at radius 1 is 0.815 bits per heavy atom. The van der Waals surface area contributed by atoms with Gasteiger partial charge in [0.05, 0.1) is 14.2 Å². The Balaban J connectivity index is 0.00000182. The van der Waals surface area contributed by atoms with Crippen LogP contribution in [0.25, 0.3) is 0 Å². The Labute approximate surface area is 175 Å². The smallest absolute Gasteiger partial charge is 0.162 e. The molecule has 0 aromatic heterocycles. The van der Waals surface area contributed by atoms with Gasteiger partial charge in [-0.25, -0.2) is 0 Å². The fraction of sp³-hybridized carbons (Fsp3) is 0.429. The van der Waals surface area contributed by atoms with E-state index in [4.69, 9.17) is 9.47 Å². The first-order chi connectivity index (χ1) is 12.3. The highest BCUT2D eigenvalue weighted by molar-refractivity contribution is 5.85. The van der Waals surface area contributed by atoms with Crippen molar-refractivity contribution >= 4 is 30.5 Å². The van der Waals surface area contributed by atoms with Crippen LogP contribution < -0.4 is 14.4 Å². The number of halogens is 2. The third-order valence-electron chi connectivity index (χ3n) is 4.89. The highest BCUT2D eigenvalue weighted by Crippen LogP contribution is 2.31. The summed E-state index contributed by atoms with van der Waals surface area (Å²) >= 11 is 0. The molecule has 1 aliphatic heterocycles. The van der Waals surface area contributed by atoms with Gasteiger partial charge in [0.2, 0.25) is 0 Å². The van der Waals surface area contributed by atoms with Gasteiger partial charge in [-0.15, -0.1) is 24.8 Å². The van der Waals surface area contributed by atoms with Crippen LogP contribution in [0.4, 0.5) is 5.69 Å². The molecular formula is C21H30Cl2N2O2. The van der Waals surface area contributed by atoms with E-state index in [-0.39, 0.29) is 24.8 Å². The Morgan fingerprint density at radius 3 is 2.11 bits per heavy atom. The number of rotatable bonds is 7. The van der Waals surface area contributed by atoms with E-state index in [0.717, 1.165) is 44.1 Å². The van der Waals surface area contributed by atoms with Crippen LogP contribution in [0, 0.1) is 0 Å². The maximum atomic E-state index is 5.42. The molecule has 0 amide bonds. The van der Waals surface area contributed by atoms with E-state index in [1.54, 1.807) is 14.2 Å². The van der Waals surface area contributed by atoms with Crippen molar-refractivity contribution in [1.29, 1.82) is 0 Å². The third-order valence-corrected chi connectivity index (χ3v) is 4.89. The number of nitrogens with zero attached hydrogens (tertiary/aromatic N) is 2. The average Bonchev–Trinajstić information content (AvgIpc) is 2.69. The second kappa shape index (κ2) is 12.0. The molecule has 0 N–H and O–H groups in total. The first-order valence-electron chi connectivity index (χ1n) is 9.03. The Hall–Kier alpha value is -1.62. The summed E-state index contributed by atoms with van der Waals surface area (Å²) in [5, 5.41) is 0. The summed E-state index contributed by atoms with van der Waals surface area (Å²) in [7, 11) is 3.36. The predicted octanol–water partition coefficient (Wildman–Crippen LogP) is 4.30. The van der Waals surface area contributed by atoms with Crippen LogP contribution in [0.15, 0.2) is 48.5 Å². The number of aryl methyl sites for hydroxylation is 1. The fourth-order valence-corrected chi connectivity index (χ4v) is 3.40. The molecule has 27 heavy (non-hydrogen) atoms. The minimum Gasteiger partial charge on any atom is -0.493 e. The van der Waals surface area contributed by atoms with Crippen molar-refractivity contribution in [2.75, 3.05) is 51.8 Å². The van der Waals surface area contributed by atoms with Gasteiger partial charge in [-0.3, -0.25) is 4.90 Å². The van der Waals surface area contributed by atoms with Crippen molar-refractivity contribution in [2.45, 2.75) is 12.8 Å².